The largest absolute Gasteiger partial charge is 0.510 e. The highest BCUT2D eigenvalue weighted by Gasteiger charge is 2.31. The van der Waals surface area contributed by atoms with Crippen LogP contribution in [0.5, 0.6) is 0 Å². The van der Waals surface area contributed by atoms with Crippen molar-refractivity contribution < 1.29 is 14.6 Å². The van der Waals surface area contributed by atoms with E-state index in [0.29, 0.717) is 22.8 Å². The molecule has 1 aromatic heterocycles. The maximum Gasteiger partial charge on any atom is 0.338 e. The van der Waals surface area contributed by atoms with Crippen molar-refractivity contribution in [2.45, 2.75) is 20.8 Å². The van der Waals surface area contributed by atoms with Gasteiger partial charge in [0.25, 0.3) is 0 Å². The zero-order chi connectivity index (χ0) is 18.8. The summed E-state index contributed by atoms with van der Waals surface area (Å²) in [6.45, 7) is 6.44. The fourth-order valence-corrected chi connectivity index (χ4v) is 3.46. The first-order valence-electron chi connectivity index (χ1n) is 8.35. The molecule has 0 atom stereocenters. The average Bonchev–Trinajstić information content (AvgIpc) is 3.15. The zero-order valence-corrected chi connectivity index (χ0v) is 15.8. The molecule has 136 valence electrons. The minimum atomic E-state index is -0.360. The SMILES string of the molecule is Cc1csc(C2=C(O)CN(c3ccc(C(=O)OCC(C)C)cc3)C2=N)n1. The van der Waals surface area contributed by atoms with Crippen LogP contribution in [-0.2, 0) is 4.74 Å². The molecule has 3 rings (SSSR count). The van der Waals surface area contributed by atoms with Gasteiger partial charge in [-0.2, -0.15) is 0 Å². The van der Waals surface area contributed by atoms with Crippen LogP contribution < -0.4 is 4.90 Å². The van der Waals surface area contributed by atoms with Crippen molar-refractivity contribution >= 4 is 34.4 Å². The lowest BCUT2D eigenvalue weighted by molar-refractivity contribution is 0.0459. The van der Waals surface area contributed by atoms with Crippen LogP contribution in [0.4, 0.5) is 5.69 Å². The van der Waals surface area contributed by atoms with Crippen LogP contribution in [-0.4, -0.2) is 35.0 Å². The van der Waals surface area contributed by atoms with Crippen molar-refractivity contribution in [2.24, 2.45) is 5.92 Å². The number of hydrogen-bond acceptors (Lipinski definition) is 6. The lowest BCUT2D eigenvalue weighted by atomic mass is 10.2. The average molecular weight is 371 g/mol. The molecule has 6 nitrogen and oxygen atoms in total. The van der Waals surface area contributed by atoms with Crippen LogP contribution in [0, 0.1) is 18.3 Å². The number of aromatic nitrogens is 1. The molecule has 0 spiro atoms. The van der Waals surface area contributed by atoms with E-state index in [1.807, 2.05) is 26.2 Å². The number of nitrogens with zero attached hydrogens (tertiary/aromatic N) is 2. The summed E-state index contributed by atoms with van der Waals surface area (Å²) in [4.78, 5) is 18.1. The Labute approximate surface area is 156 Å². The number of carbonyl (C=O) groups is 1. The second-order valence-electron chi connectivity index (χ2n) is 6.59. The van der Waals surface area contributed by atoms with Gasteiger partial charge < -0.3 is 14.7 Å². The number of aliphatic hydroxyl groups excluding tert-OH is 1. The van der Waals surface area contributed by atoms with Crippen molar-refractivity contribution in [1.82, 2.24) is 4.98 Å². The number of carbonyl (C=O) groups excluding carboxylic acids is 1. The Morgan fingerprint density at radius 1 is 1.38 bits per heavy atom. The van der Waals surface area contributed by atoms with Gasteiger partial charge in [-0.15, -0.1) is 11.3 Å². The summed E-state index contributed by atoms with van der Waals surface area (Å²) in [6, 6.07) is 6.86. The molecule has 0 saturated carbocycles. The number of esters is 1. The first-order valence-corrected chi connectivity index (χ1v) is 9.23. The molecule has 0 amide bonds. The van der Waals surface area contributed by atoms with Crippen molar-refractivity contribution in [3.63, 3.8) is 0 Å². The number of ether oxygens (including phenoxy) is 1. The Hall–Kier alpha value is -2.67. The molecule has 1 aliphatic rings. The third kappa shape index (κ3) is 3.62. The van der Waals surface area contributed by atoms with Crippen LogP contribution in [0.2, 0.25) is 0 Å². The fraction of sp³-hybridized carbons (Fsp3) is 0.316. The summed E-state index contributed by atoms with van der Waals surface area (Å²) in [5.41, 5.74) is 2.52. The van der Waals surface area contributed by atoms with Crippen LogP contribution >= 0.6 is 11.3 Å². The van der Waals surface area contributed by atoms with Gasteiger partial charge in [-0.1, -0.05) is 13.8 Å². The molecule has 2 aromatic rings. The highest BCUT2D eigenvalue weighted by Crippen LogP contribution is 2.32. The first kappa shape index (κ1) is 18.1. The molecule has 1 aliphatic heterocycles. The number of nitrogens with one attached hydrogen (secondary N) is 1. The standard InChI is InChI=1S/C19H21N3O3S/c1-11(2)9-25-19(24)13-4-6-14(7-5-13)22-8-15(23)16(17(22)20)18-21-12(3)10-26-18/h4-7,10-11,20,23H,8-9H2,1-3H3. The van der Waals surface area contributed by atoms with E-state index in [9.17, 15) is 9.90 Å². The van der Waals surface area contributed by atoms with Crippen molar-refractivity contribution in [1.29, 1.82) is 5.41 Å². The molecular formula is C19H21N3O3S. The molecular weight excluding hydrogens is 350 g/mol. The van der Waals surface area contributed by atoms with E-state index < -0.39 is 0 Å². The fourth-order valence-electron chi connectivity index (χ4n) is 2.60. The summed E-state index contributed by atoms with van der Waals surface area (Å²) < 4.78 is 5.22. The molecule has 0 aliphatic carbocycles. The number of anilines is 1. The molecule has 0 unspecified atom stereocenters. The quantitative estimate of drug-likeness (QED) is 0.775. The molecule has 2 heterocycles. The predicted molar refractivity (Wildman–Crippen MR) is 103 cm³/mol. The zero-order valence-electron chi connectivity index (χ0n) is 14.9. The van der Waals surface area contributed by atoms with Crippen molar-refractivity contribution in [2.75, 3.05) is 18.1 Å². The van der Waals surface area contributed by atoms with E-state index in [1.54, 1.807) is 29.2 Å². The smallest absolute Gasteiger partial charge is 0.338 e. The summed E-state index contributed by atoms with van der Waals surface area (Å²) in [7, 11) is 0. The van der Waals surface area contributed by atoms with Crippen LogP contribution in [0.15, 0.2) is 35.4 Å². The molecule has 26 heavy (non-hydrogen) atoms. The molecule has 7 heteroatoms. The number of benzene rings is 1. The lowest BCUT2D eigenvalue weighted by Crippen LogP contribution is -2.26. The summed E-state index contributed by atoms with van der Waals surface area (Å²) in [5.74, 6) is 0.253. The number of rotatable bonds is 5. The van der Waals surface area contributed by atoms with E-state index in [-0.39, 0.29) is 30.0 Å². The Morgan fingerprint density at radius 2 is 2.08 bits per heavy atom. The van der Waals surface area contributed by atoms with E-state index in [4.69, 9.17) is 10.1 Å². The van der Waals surface area contributed by atoms with E-state index >= 15 is 0 Å². The molecule has 2 N–H and O–H groups in total. The predicted octanol–water partition coefficient (Wildman–Crippen LogP) is 4.03. The van der Waals surface area contributed by atoms with E-state index in [1.165, 1.54) is 11.3 Å². The van der Waals surface area contributed by atoms with Gasteiger partial charge >= 0.3 is 5.97 Å². The van der Waals surface area contributed by atoms with Gasteiger partial charge in [-0.05, 0) is 37.1 Å². The minimum Gasteiger partial charge on any atom is -0.510 e. The number of aryl methyl sites for hydroxylation is 1. The molecule has 0 radical (unpaired) electrons. The third-order valence-corrected chi connectivity index (χ3v) is 4.88. The lowest BCUT2D eigenvalue weighted by Gasteiger charge is -2.18. The Kier molecular flexibility index (Phi) is 5.08. The Bertz CT molecular complexity index is 868. The van der Waals surface area contributed by atoms with Crippen LogP contribution in [0.25, 0.3) is 5.57 Å². The maximum atomic E-state index is 12.0. The number of aliphatic hydroxyl groups is 1. The normalized spacial score (nSPS) is 14.5. The van der Waals surface area contributed by atoms with Gasteiger partial charge in [0.05, 0.1) is 24.3 Å². The first-order chi connectivity index (χ1) is 12.4. The van der Waals surface area contributed by atoms with Gasteiger partial charge in [-0.3, -0.25) is 5.41 Å². The summed E-state index contributed by atoms with van der Waals surface area (Å²) >= 11 is 1.41. The monoisotopic (exact) mass is 371 g/mol. The van der Waals surface area contributed by atoms with E-state index in [0.717, 1.165) is 11.4 Å². The second kappa shape index (κ2) is 7.29. The number of amidine groups is 1. The third-order valence-electron chi connectivity index (χ3n) is 3.90. The van der Waals surface area contributed by atoms with Gasteiger partial charge in [0.2, 0.25) is 0 Å². The summed E-state index contributed by atoms with van der Waals surface area (Å²) in [5, 5.41) is 21.3. The molecule has 0 saturated heterocycles. The number of thiazole rings is 1. The van der Waals surface area contributed by atoms with Crippen LogP contribution in [0.1, 0.15) is 34.9 Å². The highest BCUT2D eigenvalue weighted by atomic mass is 32.1. The minimum absolute atomic E-state index is 0.129. The van der Waals surface area contributed by atoms with Gasteiger partial charge in [-0.25, -0.2) is 9.78 Å². The summed E-state index contributed by atoms with van der Waals surface area (Å²) in [6.07, 6.45) is 0. The van der Waals surface area contributed by atoms with Crippen molar-refractivity contribution in [3.8, 4) is 0 Å². The molecule has 0 bridgehead atoms. The van der Waals surface area contributed by atoms with Gasteiger partial charge in [0, 0.05) is 16.8 Å². The van der Waals surface area contributed by atoms with Gasteiger partial charge in [0.15, 0.2) is 0 Å². The number of hydrogen-bond donors (Lipinski definition) is 2. The highest BCUT2D eigenvalue weighted by molar-refractivity contribution is 7.11. The Morgan fingerprint density at radius 3 is 2.65 bits per heavy atom. The molecule has 1 aromatic carbocycles. The Balaban J connectivity index is 1.75. The maximum absolute atomic E-state index is 12.0. The second-order valence-corrected chi connectivity index (χ2v) is 7.45. The van der Waals surface area contributed by atoms with E-state index in [2.05, 4.69) is 4.98 Å². The molecule has 0 fully saturated rings. The van der Waals surface area contributed by atoms with Crippen LogP contribution in [0.3, 0.4) is 0 Å². The van der Waals surface area contributed by atoms with Crippen molar-refractivity contribution in [3.05, 3.63) is 51.7 Å². The topological polar surface area (TPSA) is 86.5 Å². The van der Waals surface area contributed by atoms with Gasteiger partial charge in [0.1, 0.15) is 16.6 Å².